The second-order valence-corrected chi connectivity index (χ2v) is 9.12. The molecule has 0 atom stereocenters. The highest BCUT2D eigenvalue weighted by Gasteiger charge is 2.23. The number of aromatic nitrogens is 2. The Kier molecular flexibility index (Phi) is 6.12. The van der Waals surface area contributed by atoms with E-state index in [0.717, 1.165) is 41.5 Å². The monoisotopic (exact) mass is 430 g/mol. The van der Waals surface area contributed by atoms with Crippen molar-refractivity contribution in [2.24, 2.45) is 0 Å². The van der Waals surface area contributed by atoms with E-state index in [-0.39, 0.29) is 11.3 Å². The topological polar surface area (TPSA) is 58.6 Å². The van der Waals surface area contributed by atoms with Crippen LogP contribution < -0.4 is 9.64 Å². The van der Waals surface area contributed by atoms with Crippen molar-refractivity contribution < 1.29 is 9.53 Å². The first-order valence-electron chi connectivity index (χ1n) is 11.0. The maximum Gasteiger partial charge on any atom is 0.253 e. The summed E-state index contributed by atoms with van der Waals surface area (Å²) >= 11 is 0. The number of benzene rings is 2. The number of methoxy groups -OCH3 is 1. The quantitative estimate of drug-likeness (QED) is 0.614. The second kappa shape index (κ2) is 8.99. The van der Waals surface area contributed by atoms with Crippen LogP contribution in [0.15, 0.2) is 60.7 Å². The standard InChI is InChI=1S/C26H30N4O2/c1-26(2,3)21-10-8-19(9-11-21)25(31)30-16-14-29(15-17-30)24-13-12-23(27-28-24)20-6-5-7-22(18-20)32-4/h5-13,18H,14-17H2,1-4H3. The minimum Gasteiger partial charge on any atom is -0.497 e. The van der Waals surface area contributed by atoms with Gasteiger partial charge in [0.1, 0.15) is 5.75 Å². The van der Waals surface area contributed by atoms with E-state index in [2.05, 4.69) is 48.0 Å². The van der Waals surface area contributed by atoms with Gasteiger partial charge in [0.15, 0.2) is 5.82 Å². The number of rotatable bonds is 4. The molecule has 0 radical (unpaired) electrons. The number of piperazine rings is 1. The van der Waals surface area contributed by atoms with Crippen molar-refractivity contribution in [1.82, 2.24) is 15.1 Å². The second-order valence-electron chi connectivity index (χ2n) is 9.12. The SMILES string of the molecule is COc1cccc(-c2ccc(N3CCN(C(=O)c4ccc(C(C)(C)C)cc4)CC3)nn2)c1. The Morgan fingerprint density at radius 2 is 1.62 bits per heavy atom. The van der Waals surface area contributed by atoms with Crippen LogP contribution in [0.4, 0.5) is 5.82 Å². The van der Waals surface area contributed by atoms with Crippen LogP contribution in [0.5, 0.6) is 5.75 Å². The Balaban J connectivity index is 1.37. The Hall–Kier alpha value is -3.41. The average molecular weight is 431 g/mol. The number of hydrogen-bond donors (Lipinski definition) is 0. The molecule has 0 N–H and O–H groups in total. The number of carbonyl (C=O) groups excluding carboxylic acids is 1. The summed E-state index contributed by atoms with van der Waals surface area (Å²) in [5.74, 6) is 1.71. The first kappa shape index (κ1) is 21.8. The number of anilines is 1. The minimum absolute atomic E-state index is 0.0797. The molecule has 1 amide bonds. The number of amides is 1. The molecule has 6 nitrogen and oxygen atoms in total. The van der Waals surface area contributed by atoms with Gasteiger partial charge >= 0.3 is 0 Å². The lowest BCUT2D eigenvalue weighted by Crippen LogP contribution is -2.49. The van der Waals surface area contributed by atoms with Gasteiger partial charge in [-0.15, -0.1) is 10.2 Å². The zero-order valence-corrected chi connectivity index (χ0v) is 19.2. The van der Waals surface area contributed by atoms with Crippen molar-refractivity contribution in [1.29, 1.82) is 0 Å². The Labute approximate surface area is 189 Å². The van der Waals surface area contributed by atoms with E-state index in [1.165, 1.54) is 5.56 Å². The molecule has 3 aromatic rings. The Bertz CT molecular complexity index is 1060. The highest BCUT2D eigenvalue weighted by atomic mass is 16.5. The van der Waals surface area contributed by atoms with Crippen molar-refractivity contribution in [3.8, 4) is 17.0 Å². The van der Waals surface area contributed by atoms with Crippen LogP contribution in [0.25, 0.3) is 11.3 Å². The summed E-state index contributed by atoms with van der Waals surface area (Å²) in [5, 5.41) is 8.83. The molecule has 4 rings (SSSR count). The molecule has 0 unspecified atom stereocenters. The van der Waals surface area contributed by atoms with E-state index in [9.17, 15) is 4.79 Å². The van der Waals surface area contributed by atoms with Gasteiger partial charge in [-0.3, -0.25) is 4.79 Å². The summed E-state index contributed by atoms with van der Waals surface area (Å²) in [7, 11) is 1.65. The molecule has 1 aliphatic rings. The molecule has 1 aromatic heterocycles. The molecule has 32 heavy (non-hydrogen) atoms. The maximum atomic E-state index is 12.9. The van der Waals surface area contributed by atoms with Crippen molar-refractivity contribution in [2.45, 2.75) is 26.2 Å². The zero-order chi connectivity index (χ0) is 22.7. The predicted molar refractivity (Wildman–Crippen MR) is 127 cm³/mol. The molecular formula is C26H30N4O2. The summed E-state index contributed by atoms with van der Waals surface area (Å²) in [5.41, 5.74) is 3.83. The summed E-state index contributed by atoms with van der Waals surface area (Å²) in [6, 6.07) is 19.8. The molecule has 6 heteroatoms. The fourth-order valence-corrected chi connectivity index (χ4v) is 3.86. The molecule has 0 aliphatic carbocycles. The molecule has 0 saturated carbocycles. The highest BCUT2D eigenvalue weighted by Crippen LogP contribution is 2.24. The van der Waals surface area contributed by atoms with Crippen molar-refractivity contribution in [3.63, 3.8) is 0 Å². The van der Waals surface area contributed by atoms with Gasteiger partial charge in [-0.1, -0.05) is 45.0 Å². The minimum atomic E-state index is 0.0797. The summed E-state index contributed by atoms with van der Waals surface area (Å²) in [6.45, 7) is 9.33. The first-order chi connectivity index (χ1) is 15.3. The van der Waals surface area contributed by atoms with Crippen molar-refractivity contribution >= 4 is 11.7 Å². The van der Waals surface area contributed by atoms with Gasteiger partial charge in [0, 0.05) is 37.3 Å². The predicted octanol–water partition coefficient (Wildman–Crippen LogP) is 4.41. The lowest BCUT2D eigenvalue weighted by Gasteiger charge is -2.35. The summed E-state index contributed by atoms with van der Waals surface area (Å²) in [6.07, 6.45) is 0. The van der Waals surface area contributed by atoms with E-state index >= 15 is 0 Å². The summed E-state index contributed by atoms with van der Waals surface area (Å²) in [4.78, 5) is 17.0. The van der Waals surface area contributed by atoms with E-state index in [4.69, 9.17) is 4.74 Å². The average Bonchev–Trinajstić information content (AvgIpc) is 2.83. The molecule has 1 saturated heterocycles. The van der Waals surface area contributed by atoms with E-state index < -0.39 is 0 Å². The van der Waals surface area contributed by atoms with Gasteiger partial charge in [0.05, 0.1) is 12.8 Å². The van der Waals surface area contributed by atoms with Gasteiger partial charge in [0.25, 0.3) is 5.91 Å². The van der Waals surface area contributed by atoms with Crippen LogP contribution in [-0.2, 0) is 5.41 Å². The van der Waals surface area contributed by atoms with Gasteiger partial charge in [-0.2, -0.15) is 0 Å². The van der Waals surface area contributed by atoms with Crippen molar-refractivity contribution in [3.05, 3.63) is 71.8 Å². The normalized spacial score (nSPS) is 14.4. The molecule has 0 bridgehead atoms. The third kappa shape index (κ3) is 4.74. The molecule has 1 fully saturated rings. The van der Waals surface area contributed by atoms with E-state index in [1.54, 1.807) is 7.11 Å². The number of nitrogens with zero attached hydrogens (tertiary/aromatic N) is 4. The van der Waals surface area contributed by atoms with Gasteiger partial charge in [0.2, 0.25) is 0 Å². The highest BCUT2D eigenvalue weighted by molar-refractivity contribution is 5.94. The first-order valence-corrected chi connectivity index (χ1v) is 11.0. The Morgan fingerprint density at radius 3 is 2.22 bits per heavy atom. The van der Waals surface area contributed by atoms with Gasteiger partial charge in [-0.05, 0) is 47.4 Å². The molecule has 0 spiro atoms. The van der Waals surface area contributed by atoms with E-state index in [0.29, 0.717) is 13.1 Å². The third-order valence-corrected chi connectivity index (χ3v) is 5.90. The van der Waals surface area contributed by atoms with Crippen LogP contribution in [0, 0.1) is 0 Å². The van der Waals surface area contributed by atoms with Crippen LogP contribution in [0.1, 0.15) is 36.7 Å². The van der Waals surface area contributed by atoms with Gasteiger partial charge in [-0.25, -0.2) is 0 Å². The fraction of sp³-hybridized carbons (Fsp3) is 0.346. The molecule has 1 aliphatic heterocycles. The number of hydrogen-bond acceptors (Lipinski definition) is 5. The maximum absolute atomic E-state index is 12.9. The zero-order valence-electron chi connectivity index (χ0n) is 19.2. The smallest absolute Gasteiger partial charge is 0.253 e. The molecular weight excluding hydrogens is 400 g/mol. The molecule has 2 aromatic carbocycles. The number of carbonyl (C=O) groups is 1. The number of ether oxygens (including phenoxy) is 1. The molecule has 166 valence electrons. The van der Waals surface area contributed by atoms with Crippen molar-refractivity contribution in [2.75, 3.05) is 38.2 Å². The van der Waals surface area contributed by atoms with Crippen LogP contribution in [-0.4, -0.2) is 54.3 Å². The fourth-order valence-electron chi connectivity index (χ4n) is 3.86. The lowest BCUT2D eigenvalue weighted by molar-refractivity contribution is 0.0746. The van der Waals surface area contributed by atoms with Crippen LogP contribution >= 0.6 is 0 Å². The van der Waals surface area contributed by atoms with Crippen LogP contribution in [0.3, 0.4) is 0 Å². The van der Waals surface area contributed by atoms with Gasteiger partial charge < -0.3 is 14.5 Å². The largest absolute Gasteiger partial charge is 0.497 e. The molecule has 2 heterocycles. The van der Waals surface area contributed by atoms with E-state index in [1.807, 2.05) is 53.4 Å². The third-order valence-electron chi connectivity index (χ3n) is 5.90. The Morgan fingerprint density at radius 1 is 0.906 bits per heavy atom. The summed E-state index contributed by atoms with van der Waals surface area (Å²) < 4.78 is 5.29. The lowest BCUT2D eigenvalue weighted by atomic mass is 9.86. The van der Waals surface area contributed by atoms with Crippen LogP contribution in [0.2, 0.25) is 0 Å².